The molecule has 0 aromatic carbocycles. The van der Waals surface area contributed by atoms with Gasteiger partial charge in [0.05, 0.1) is 0 Å². The van der Waals surface area contributed by atoms with Gasteiger partial charge in [-0.15, -0.1) is 0 Å². The molecule has 0 heterocycles. The third kappa shape index (κ3) is 3.91. The number of hydrogen-bond acceptors (Lipinski definition) is 1. The number of rotatable bonds is 1. The minimum absolute atomic E-state index is 0.670. The smallest absolute Gasteiger partial charge is 0.0187 e. The van der Waals surface area contributed by atoms with Crippen LogP contribution in [-0.2, 0) is 0 Å². The maximum atomic E-state index is 6.30. The van der Waals surface area contributed by atoms with E-state index >= 15 is 0 Å². The highest BCUT2D eigenvalue weighted by Gasteiger charge is 1.62. The second-order valence-corrected chi connectivity index (χ2v) is 1.10. The molecule has 0 N–H and O–H groups in total. The molecule has 0 rings (SSSR count). The third-order valence-electron chi connectivity index (χ3n) is 0.237. The molecule has 1 radical (unpaired) electrons. The van der Waals surface area contributed by atoms with E-state index in [1.807, 2.05) is 0 Å². The van der Waals surface area contributed by atoms with Crippen LogP contribution in [0, 0.1) is 12.3 Å². The molecule has 0 unspecified atom stereocenters. The van der Waals surface area contributed by atoms with Crippen molar-refractivity contribution in [1.29, 1.82) is 0 Å². The lowest BCUT2D eigenvalue weighted by atomic mass is 10.5. The predicted octanol–water partition coefficient (Wildman–Crippen LogP) is 0.896. The molecule has 0 fully saturated rings. The zero-order chi connectivity index (χ0) is 4.12. The van der Waals surface area contributed by atoms with Gasteiger partial charge in [0.15, 0.2) is 0 Å². The van der Waals surface area contributed by atoms with Gasteiger partial charge < -0.3 is 0 Å². The lowest BCUT2D eigenvalue weighted by molar-refractivity contribution is 1.31. The van der Waals surface area contributed by atoms with Crippen molar-refractivity contribution in [2.24, 2.45) is 0 Å². The lowest BCUT2D eigenvalue weighted by Crippen LogP contribution is -1.61. The molecule has 0 aromatic heterocycles. The van der Waals surface area contributed by atoms with Crippen molar-refractivity contribution in [3.63, 3.8) is 0 Å². The molecule has 0 aliphatic rings. The highest BCUT2D eigenvalue weighted by molar-refractivity contribution is 7.80. The SMILES string of the molecule is [C]#CCCS. The fourth-order valence-electron chi connectivity index (χ4n) is 0.0559. The second kappa shape index (κ2) is 3.91. The first-order valence-electron chi connectivity index (χ1n) is 1.42. The van der Waals surface area contributed by atoms with Crippen LogP contribution >= 0.6 is 12.6 Å². The van der Waals surface area contributed by atoms with E-state index in [0.29, 0.717) is 6.42 Å². The van der Waals surface area contributed by atoms with Crippen LogP contribution in [0.15, 0.2) is 0 Å². The van der Waals surface area contributed by atoms with Gasteiger partial charge >= 0.3 is 0 Å². The summed E-state index contributed by atoms with van der Waals surface area (Å²) in [7, 11) is 0. The maximum absolute atomic E-state index is 6.30. The summed E-state index contributed by atoms with van der Waals surface area (Å²) >= 11 is 3.82. The Balaban J connectivity index is 2.48. The Morgan fingerprint density at radius 2 is 2.40 bits per heavy atom. The third-order valence-corrected chi connectivity index (χ3v) is 0.460. The Bertz CT molecular complexity index is 42.1. The van der Waals surface area contributed by atoms with E-state index in [1.165, 1.54) is 0 Å². The van der Waals surface area contributed by atoms with Crippen molar-refractivity contribution in [2.75, 3.05) is 5.75 Å². The van der Waals surface area contributed by atoms with Gasteiger partial charge in [-0.25, -0.2) is 0 Å². The fraction of sp³-hybridized carbons (Fsp3) is 0.500. The van der Waals surface area contributed by atoms with Gasteiger partial charge in [-0.3, -0.25) is 0 Å². The highest BCUT2D eigenvalue weighted by atomic mass is 32.1. The van der Waals surface area contributed by atoms with Crippen LogP contribution in [0.5, 0.6) is 0 Å². The van der Waals surface area contributed by atoms with Crippen LogP contribution in [0.3, 0.4) is 0 Å². The molecule has 0 nitrogen and oxygen atoms in total. The van der Waals surface area contributed by atoms with Gasteiger partial charge in [0, 0.05) is 12.2 Å². The van der Waals surface area contributed by atoms with Crippen molar-refractivity contribution >= 4 is 12.6 Å². The first-order valence-corrected chi connectivity index (χ1v) is 2.05. The summed E-state index contributed by atoms with van der Waals surface area (Å²) in [6, 6.07) is 0. The largest absolute Gasteiger partial charge is 0.178 e. The summed E-state index contributed by atoms with van der Waals surface area (Å²) in [4.78, 5) is 0. The zero-order valence-corrected chi connectivity index (χ0v) is 3.76. The molecule has 0 bridgehead atoms. The molecule has 0 saturated carbocycles. The minimum atomic E-state index is 0.670. The van der Waals surface area contributed by atoms with Gasteiger partial charge in [0.25, 0.3) is 0 Å². The molecular weight excluding hydrogens is 80.1 g/mol. The molecule has 5 heavy (non-hydrogen) atoms. The first kappa shape index (κ1) is 4.91. The summed E-state index contributed by atoms with van der Waals surface area (Å²) in [6.07, 6.45) is 6.97. The Kier molecular flexibility index (Phi) is 3.84. The average Bonchev–Trinajstić information content (AvgIpc) is 1.41. The fourth-order valence-corrected chi connectivity index (χ4v) is 0.168. The van der Waals surface area contributed by atoms with Crippen LogP contribution < -0.4 is 0 Å². The Hall–Kier alpha value is -0.0900. The van der Waals surface area contributed by atoms with E-state index in [9.17, 15) is 0 Å². The Morgan fingerprint density at radius 1 is 1.80 bits per heavy atom. The molecule has 0 spiro atoms. The monoisotopic (exact) mass is 85.0 g/mol. The van der Waals surface area contributed by atoms with Crippen molar-refractivity contribution < 1.29 is 0 Å². The topological polar surface area (TPSA) is 0 Å². The van der Waals surface area contributed by atoms with E-state index in [4.69, 9.17) is 6.42 Å². The average molecular weight is 85.2 g/mol. The summed E-state index contributed by atoms with van der Waals surface area (Å²) in [5, 5.41) is 0. The van der Waals surface area contributed by atoms with Crippen LogP contribution in [0.2, 0.25) is 0 Å². The van der Waals surface area contributed by atoms with Crippen LogP contribution in [-0.4, -0.2) is 5.75 Å². The van der Waals surface area contributed by atoms with Gasteiger partial charge in [-0.2, -0.15) is 12.6 Å². The van der Waals surface area contributed by atoms with Gasteiger partial charge in [-0.05, 0) is 6.42 Å². The first-order chi connectivity index (χ1) is 2.41. The van der Waals surface area contributed by atoms with Gasteiger partial charge in [-0.1, -0.05) is 5.92 Å². The molecule has 0 aliphatic carbocycles. The quantitative estimate of drug-likeness (QED) is 0.355. The Labute approximate surface area is 38.0 Å². The van der Waals surface area contributed by atoms with Crippen molar-refractivity contribution in [1.82, 2.24) is 0 Å². The van der Waals surface area contributed by atoms with E-state index < -0.39 is 0 Å². The highest BCUT2D eigenvalue weighted by Crippen LogP contribution is 1.75. The molecule has 0 aliphatic heterocycles. The normalized spacial score (nSPS) is 6.40. The molecule has 0 atom stereocenters. The summed E-state index contributed by atoms with van der Waals surface area (Å²) in [6.45, 7) is 0. The van der Waals surface area contributed by atoms with E-state index in [0.717, 1.165) is 5.75 Å². The zero-order valence-electron chi connectivity index (χ0n) is 2.86. The molecular formula is C4H5S. The minimum Gasteiger partial charge on any atom is -0.178 e. The number of hydrogen-bond donors (Lipinski definition) is 1. The van der Waals surface area contributed by atoms with E-state index in [1.54, 1.807) is 0 Å². The van der Waals surface area contributed by atoms with Crippen molar-refractivity contribution in [3.8, 4) is 5.92 Å². The van der Waals surface area contributed by atoms with Gasteiger partial charge in [0.1, 0.15) is 0 Å². The van der Waals surface area contributed by atoms with Crippen molar-refractivity contribution in [2.45, 2.75) is 6.42 Å². The summed E-state index contributed by atoms with van der Waals surface area (Å²) < 4.78 is 0. The number of thiol groups is 1. The standard InChI is InChI=1S/C4H5S/c1-2-3-4-5/h5H,3-4H2. The van der Waals surface area contributed by atoms with Gasteiger partial charge in [0.2, 0.25) is 0 Å². The van der Waals surface area contributed by atoms with Crippen LogP contribution in [0.1, 0.15) is 6.42 Å². The predicted molar refractivity (Wildman–Crippen MR) is 25.6 cm³/mol. The summed E-state index contributed by atoms with van der Waals surface area (Å²) in [5.41, 5.74) is 0. The second-order valence-electron chi connectivity index (χ2n) is 0.650. The van der Waals surface area contributed by atoms with E-state index in [2.05, 4.69) is 18.5 Å². The van der Waals surface area contributed by atoms with Crippen LogP contribution in [0.25, 0.3) is 0 Å². The molecule has 1 heteroatoms. The maximum Gasteiger partial charge on any atom is 0.0187 e. The van der Waals surface area contributed by atoms with E-state index in [-0.39, 0.29) is 0 Å². The van der Waals surface area contributed by atoms with Crippen molar-refractivity contribution in [3.05, 3.63) is 6.42 Å². The molecule has 0 aromatic rings. The molecule has 27 valence electrons. The summed E-state index contributed by atoms with van der Waals surface area (Å²) in [5.74, 6) is 2.93. The lowest BCUT2D eigenvalue weighted by Gasteiger charge is -1.68. The Morgan fingerprint density at radius 3 is 2.40 bits per heavy atom. The van der Waals surface area contributed by atoms with Crippen LogP contribution in [0.4, 0.5) is 0 Å². The molecule has 0 saturated heterocycles. The molecule has 0 amide bonds.